The Morgan fingerprint density at radius 3 is 2.68 bits per heavy atom. The van der Waals surface area contributed by atoms with Crippen molar-refractivity contribution >= 4 is 11.7 Å². The van der Waals surface area contributed by atoms with Gasteiger partial charge in [0.15, 0.2) is 0 Å². The van der Waals surface area contributed by atoms with Gasteiger partial charge in [0.1, 0.15) is 11.6 Å². The molecule has 1 aromatic heterocycles. The number of nitrogens with one attached hydrogen (secondary N) is 1. The Balaban J connectivity index is 1.59. The average Bonchev–Trinajstić information content (AvgIpc) is 2.92. The molecule has 2 aromatic rings. The van der Waals surface area contributed by atoms with Crippen LogP contribution in [0.15, 0.2) is 24.3 Å². The zero-order chi connectivity index (χ0) is 17.8. The molecule has 1 saturated carbocycles. The number of hydrogen-bond acceptors (Lipinski definition) is 5. The van der Waals surface area contributed by atoms with Crippen LogP contribution < -0.4 is 5.32 Å². The molecule has 6 nitrogen and oxygen atoms in total. The Kier molecular flexibility index (Phi) is 5.36. The summed E-state index contributed by atoms with van der Waals surface area (Å²) in [6.07, 6.45) is 3.76. The number of aromatic nitrogens is 3. The monoisotopic (exact) mass is 342 g/mol. The molecule has 1 aliphatic carbocycles. The lowest BCUT2D eigenvalue weighted by molar-refractivity contribution is -0.146. The van der Waals surface area contributed by atoms with Gasteiger partial charge in [0.25, 0.3) is 0 Å². The van der Waals surface area contributed by atoms with Gasteiger partial charge in [-0.15, -0.1) is 0 Å². The Labute approximate surface area is 148 Å². The van der Waals surface area contributed by atoms with E-state index in [1.807, 2.05) is 18.5 Å². The minimum absolute atomic E-state index is 0.0629. The van der Waals surface area contributed by atoms with Crippen LogP contribution in [0.4, 0.5) is 5.69 Å². The highest BCUT2D eigenvalue weighted by atomic mass is 16.5. The van der Waals surface area contributed by atoms with Crippen molar-refractivity contribution in [3.05, 3.63) is 41.5 Å². The third-order valence-corrected chi connectivity index (χ3v) is 4.85. The molecule has 25 heavy (non-hydrogen) atoms. The predicted molar refractivity (Wildman–Crippen MR) is 96.4 cm³/mol. The van der Waals surface area contributed by atoms with Crippen LogP contribution >= 0.6 is 0 Å². The first-order chi connectivity index (χ1) is 12.0. The van der Waals surface area contributed by atoms with Crippen molar-refractivity contribution in [3.8, 4) is 0 Å². The third-order valence-electron chi connectivity index (χ3n) is 4.85. The lowest BCUT2D eigenvalue weighted by Crippen LogP contribution is -2.29. The van der Waals surface area contributed by atoms with Gasteiger partial charge in [-0.2, -0.15) is 5.10 Å². The average molecular weight is 342 g/mol. The zero-order valence-corrected chi connectivity index (χ0v) is 15.2. The lowest BCUT2D eigenvalue weighted by atomic mass is 9.86. The molecule has 0 bridgehead atoms. The van der Waals surface area contributed by atoms with Crippen LogP contribution in [0.3, 0.4) is 0 Å². The van der Waals surface area contributed by atoms with Gasteiger partial charge in [-0.25, -0.2) is 9.67 Å². The molecular formula is C19H26N4O2. The third kappa shape index (κ3) is 4.38. The van der Waals surface area contributed by atoms with Crippen LogP contribution in [-0.2, 0) is 16.1 Å². The van der Waals surface area contributed by atoms with Gasteiger partial charge in [-0.1, -0.05) is 12.1 Å². The number of esters is 1. The van der Waals surface area contributed by atoms with Crippen molar-refractivity contribution in [2.75, 3.05) is 12.4 Å². The van der Waals surface area contributed by atoms with Crippen molar-refractivity contribution in [2.24, 2.45) is 5.92 Å². The second-order valence-corrected chi connectivity index (χ2v) is 6.78. The Morgan fingerprint density at radius 1 is 1.28 bits per heavy atom. The second kappa shape index (κ2) is 7.68. The van der Waals surface area contributed by atoms with Crippen LogP contribution in [0.25, 0.3) is 0 Å². The highest BCUT2D eigenvalue weighted by Crippen LogP contribution is 2.27. The number of benzene rings is 1. The minimum Gasteiger partial charge on any atom is -0.469 e. The normalized spacial score (nSPS) is 20.3. The highest BCUT2D eigenvalue weighted by molar-refractivity contribution is 5.72. The number of methoxy groups -OCH3 is 1. The zero-order valence-electron chi connectivity index (χ0n) is 15.2. The van der Waals surface area contributed by atoms with E-state index in [0.717, 1.165) is 49.6 Å². The fraction of sp³-hybridized carbons (Fsp3) is 0.526. The number of hydrogen-bond donors (Lipinski definition) is 1. The molecule has 6 heteroatoms. The Morgan fingerprint density at radius 2 is 2.04 bits per heavy atom. The van der Waals surface area contributed by atoms with Gasteiger partial charge in [0, 0.05) is 11.7 Å². The van der Waals surface area contributed by atoms with Crippen molar-refractivity contribution in [3.63, 3.8) is 0 Å². The molecule has 0 unspecified atom stereocenters. The van der Waals surface area contributed by atoms with E-state index >= 15 is 0 Å². The molecule has 134 valence electrons. The molecule has 0 radical (unpaired) electrons. The van der Waals surface area contributed by atoms with Gasteiger partial charge in [0.05, 0.1) is 19.6 Å². The summed E-state index contributed by atoms with van der Waals surface area (Å²) in [5, 5.41) is 8.03. The molecule has 1 aliphatic rings. The summed E-state index contributed by atoms with van der Waals surface area (Å²) < 4.78 is 6.78. The molecular weight excluding hydrogens is 316 g/mol. The molecule has 3 rings (SSSR count). The fourth-order valence-electron chi connectivity index (χ4n) is 3.52. The SMILES string of the molecule is COC(=O)C1CCC(Nc2cccc(Cn3nc(C)nc3C)c2)CC1. The maximum atomic E-state index is 11.6. The van der Waals surface area contributed by atoms with Gasteiger partial charge >= 0.3 is 5.97 Å². The topological polar surface area (TPSA) is 69.0 Å². The second-order valence-electron chi connectivity index (χ2n) is 6.78. The largest absolute Gasteiger partial charge is 0.469 e. The molecule has 0 amide bonds. The predicted octanol–water partition coefficient (Wildman–Crippen LogP) is 3.09. The van der Waals surface area contributed by atoms with Crippen LogP contribution in [0.1, 0.15) is 42.9 Å². The fourth-order valence-corrected chi connectivity index (χ4v) is 3.52. The number of carbonyl (C=O) groups is 1. The molecule has 0 aliphatic heterocycles. The summed E-state index contributed by atoms with van der Waals surface area (Å²) >= 11 is 0. The lowest BCUT2D eigenvalue weighted by Gasteiger charge is -2.28. The number of aryl methyl sites for hydroxylation is 2. The maximum Gasteiger partial charge on any atom is 0.308 e. The van der Waals surface area contributed by atoms with Crippen molar-refractivity contribution in [1.82, 2.24) is 14.8 Å². The van der Waals surface area contributed by atoms with E-state index in [1.54, 1.807) is 0 Å². The molecule has 1 N–H and O–H groups in total. The van der Waals surface area contributed by atoms with E-state index in [1.165, 1.54) is 12.7 Å². The first kappa shape index (κ1) is 17.5. The first-order valence-electron chi connectivity index (χ1n) is 8.86. The summed E-state index contributed by atoms with van der Waals surface area (Å²) in [5.74, 6) is 1.72. The van der Waals surface area contributed by atoms with Gasteiger partial charge in [0.2, 0.25) is 0 Å². The van der Waals surface area contributed by atoms with E-state index in [-0.39, 0.29) is 11.9 Å². The molecule has 1 fully saturated rings. The van der Waals surface area contributed by atoms with Crippen LogP contribution in [0, 0.1) is 19.8 Å². The summed E-state index contributed by atoms with van der Waals surface area (Å²) in [4.78, 5) is 16.0. The van der Waals surface area contributed by atoms with E-state index in [9.17, 15) is 4.79 Å². The smallest absolute Gasteiger partial charge is 0.308 e. The van der Waals surface area contributed by atoms with Crippen molar-refractivity contribution < 1.29 is 9.53 Å². The summed E-state index contributed by atoms with van der Waals surface area (Å²) in [5.41, 5.74) is 2.31. The number of rotatable bonds is 5. The maximum absolute atomic E-state index is 11.6. The number of carbonyl (C=O) groups excluding carboxylic acids is 1. The number of ether oxygens (including phenoxy) is 1. The molecule has 0 spiro atoms. The van der Waals surface area contributed by atoms with Gasteiger partial charge in [-0.05, 0) is 57.2 Å². The quantitative estimate of drug-likeness (QED) is 0.846. The standard InChI is InChI=1S/C19H26N4O2/c1-13-20-14(2)23(22-13)12-15-5-4-6-18(11-15)21-17-9-7-16(8-10-17)19(24)25-3/h4-6,11,16-17,21H,7-10,12H2,1-3H3. The van der Waals surface area contributed by atoms with Gasteiger partial charge in [-0.3, -0.25) is 4.79 Å². The van der Waals surface area contributed by atoms with Gasteiger partial charge < -0.3 is 10.1 Å². The highest BCUT2D eigenvalue weighted by Gasteiger charge is 2.26. The molecule has 1 heterocycles. The Hall–Kier alpha value is -2.37. The first-order valence-corrected chi connectivity index (χ1v) is 8.86. The summed E-state index contributed by atoms with van der Waals surface area (Å²) in [6.45, 7) is 4.60. The summed E-state index contributed by atoms with van der Waals surface area (Å²) in [7, 11) is 1.47. The van der Waals surface area contributed by atoms with Crippen LogP contribution in [-0.4, -0.2) is 33.9 Å². The minimum atomic E-state index is -0.0704. The van der Waals surface area contributed by atoms with E-state index in [4.69, 9.17) is 4.74 Å². The molecule has 0 saturated heterocycles. The number of nitrogens with zero attached hydrogens (tertiary/aromatic N) is 3. The van der Waals surface area contributed by atoms with Crippen LogP contribution in [0.2, 0.25) is 0 Å². The van der Waals surface area contributed by atoms with E-state index < -0.39 is 0 Å². The number of anilines is 1. The van der Waals surface area contributed by atoms with Crippen molar-refractivity contribution in [2.45, 2.75) is 52.1 Å². The summed E-state index contributed by atoms with van der Waals surface area (Å²) in [6, 6.07) is 8.84. The van der Waals surface area contributed by atoms with Crippen molar-refractivity contribution in [1.29, 1.82) is 0 Å². The molecule has 1 aromatic carbocycles. The Bertz CT molecular complexity index is 733. The van der Waals surface area contributed by atoms with Crippen LogP contribution in [0.5, 0.6) is 0 Å². The van der Waals surface area contributed by atoms with E-state index in [0.29, 0.717) is 6.04 Å². The molecule has 0 atom stereocenters. The van der Waals surface area contributed by atoms with E-state index in [2.05, 4.69) is 39.7 Å².